The molecular formula is C12H6N2O2. The average molecular weight is 210 g/mol. The Bertz CT molecular complexity index is 574. The van der Waals surface area contributed by atoms with Crippen molar-refractivity contribution in [2.45, 2.75) is 0 Å². The molecule has 0 aliphatic carbocycles. The van der Waals surface area contributed by atoms with Gasteiger partial charge in [0.05, 0.1) is 23.5 Å². The van der Waals surface area contributed by atoms with Crippen molar-refractivity contribution < 1.29 is 9.15 Å². The van der Waals surface area contributed by atoms with E-state index in [9.17, 15) is 0 Å². The summed E-state index contributed by atoms with van der Waals surface area (Å²) in [6.07, 6.45) is 2.91. The lowest BCUT2D eigenvalue weighted by Crippen LogP contribution is -1.88. The van der Waals surface area contributed by atoms with Crippen LogP contribution in [0.4, 0.5) is 0 Å². The van der Waals surface area contributed by atoms with Crippen molar-refractivity contribution in [3.8, 4) is 23.6 Å². The Hall–Kier alpha value is -2.72. The summed E-state index contributed by atoms with van der Waals surface area (Å²) in [5, 5.41) is 17.6. The van der Waals surface area contributed by atoms with Crippen molar-refractivity contribution in [3.63, 3.8) is 0 Å². The number of benzene rings is 1. The molecule has 1 aromatic carbocycles. The van der Waals surface area contributed by atoms with Crippen molar-refractivity contribution in [2.24, 2.45) is 0 Å². The summed E-state index contributed by atoms with van der Waals surface area (Å²) in [4.78, 5) is 0. The van der Waals surface area contributed by atoms with Gasteiger partial charge in [-0.05, 0) is 18.2 Å². The van der Waals surface area contributed by atoms with E-state index in [1.165, 1.54) is 18.6 Å². The van der Waals surface area contributed by atoms with Crippen LogP contribution in [-0.2, 0) is 0 Å². The third-order valence-corrected chi connectivity index (χ3v) is 1.95. The van der Waals surface area contributed by atoms with E-state index in [1.54, 1.807) is 18.2 Å². The van der Waals surface area contributed by atoms with Gasteiger partial charge in [0, 0.05) is 6.07 Å². The summed E-state index contributed by atoms with van der Waals surface area (Å²) in [6, 6.07) is 10.2. The van der Waals surface area contributed by atoms with Gasteiger partial charge in [-0.3, -0.25) is 0 Å². The van der Waals surface area contributed by atoms with Crippen molar-refractivity contribution in [2.75, 3.05) is 0 Å². The molecule has 4 nitrogen and oxygen atoms in total. The van der Waals surface area contributed by atoms with Crippen LogP contribution in [-0.4, -0.2) is 0 Å². The molecule has 0 bridgehead atoms. The molecule has 0 N–H and O–H groups in total. The average Bonchev–Trinajstić information content (AvgIpc) is 2.82. The molecule has 0 atom stereocenters. The first-order valence-corrected chi connectivity index (χ1v) is 4.48. The summed E-state index contributed by atoms with van der Waals surface area (Å²) < 4.78 is 10.3. The van der Waals surface area contributed by atoms with E-state index in [0.29, 0.717) is 22.6 Å². The predicted octanol–water partition coefficient (Wildman–Crippen LogP) is 2.82. The lowest BCUT2D eigenvalue weighted by atomic mass is 10.1. The molecule has 76 valence electrons. The van der Waals surface area contributed by atoms with Crippen molar-refractivity contribution in [1.82, 2.24) is 0 Å². The maximum Gasteiger partial charge on any atom is 0.165 e. The summed E-state index contributed by atoms with van der Waals surface area (Å²) in [6.45, 7) is 0. The third kappa shape index (κ3) is 1.87. The van der Waals surface area contributed by atoms with Gasteiger partial charge < -0.3 is 9.15 Å². The molecule has 0 fully saturated rings. The van der Waals surface area contributed by atoms with Crippen LogP contribution >= 0.6 is 0 Å². The van der Waals surface area contributed by atoms with E-state index in [0.717, 1.165) is 0 Å². The first-order valence-electron chi connectivity index (χ1n) is 4.48. The molecule has 0 aliphatic heterocycles. The van der Waals surface area contributed by atoms with Crippen LogP contribution in [0.25, 0.3) is 0 Å². The second kappa shape index (κ2) is 4.20. The predicted molar refractivity (Wildman–Crippen MR) is 54.7 cm³/mol. The highest BCUT2D eigenvalue weighted by Crippen LogP contribution is 2.25. The molecule has 0 saturated heterocycles. The monoisotopic (exact) mass is 210 g/mol. The fourth-order valence-electron chi connectivity index (χ4n) is 1.21. The number of nitriles is 2. The number of furan rings is 1. The minimum atomic E-state index is 0.320. The van der Waals surface area contributed by atoms with Gasteiger partial charge in [-0.15, -0.1) is 0 Å². The second-order valence-corrected chi connectivity index (χ2v) is 3.00. The minimum absolute atomic E-state index is 0.320. The lowest BCUT2D eigenvalue weighted by molar-refractivity contribution is 0.465. The van der Waals surface area contributed by atoms with Gasteiger partial charge in [-0.25, -0.2) is 0 Å². The smallest absolute Gasteiger partial charge is 0.165 e. The summed E-state index contributed by atoms with van der Waals surface area (Å²) >= 11 is 0. The molecule has 0 unspecified atom stereocenters. The second-order valence-electron chi connectivity index (χ2n) is 3.00. The Morgan fingerprint density at radius 1 is 1.12 bits per heavy atom. The Kier molecular flexibility index (Phi) is 2.58. The number of nitrogens with zero attached hydrogens (tertiary/aromatic N) is 2. The largest absolute Gasteiger partial charge is 0.469 e. The van der Waals surface area contributed by atoms with E-state index in [4.69, 9.17) is 19.7 Å². The number of rotatable bonds is 2. The van der Waals surface area contributed by atoms with Crippen LogP contribution in [0.5, 0.6) is 11.5 Å². The van der Waals surface area contributed by atoms with Gasteiger partial charge in [0.15, 0.2) is 5.75 Å². The molecule has 0 spiro atoms. The molecule has 1 aromatic heterocycles. The molecule has 0 radical (unpaired) electrons. The van der Waals surface area contributed by atoms with E-state index < -0.39 is 0 Å². The van der Waals surface area contributed by atoms with Crippen LogP contribution < -0.4 is 4.74 Å². The zero-order valence-electron chi connectivity index (χ0n) is 8.18. The Balaban J connectivity index is 2.36. The van der Waals surface area contributed by atoms with Crippen LogP contribution in [0.1, 0.15) is 11.1 Å². The molecule has 1 heterocycles. The van der Waals surface area contributed by atoms with Gasteiger partial charge in [0.25, 0.3) is 0 Å². The number of hydrogen-bond acceptors (Lipinski definition) is 4. The quantitative estimate of drug-likeness (QED) is 0.764. The molecule has 16 heavy (non-hydrogen) atoms. The molecule has 0 aliphatic rings. The van der Waals surface area contributed by atoms with E-state index in [-0.39, 0.29) is 0 Å². The number of ether oxygens (including phenoxy) is 1. The third-order valence-electron chi connectivity index (χ3n) is 1.95. The molecular weight excluding hydrogens is 204 g/mol. The highest BCUT2D eigenvalue weighted by molar-refractivity contribution is 5.49. The topological polar surface area (TPSA) is 69.9 Å². The Morgan fingerprint density at radius 2 is 2.00 bits per heavy atom. The van der Waals surface area contributed by atoms with Gasteiger partial charge in [0.2, 0.25) is 0 Å². The standard InChI is InChI=1S/C12H6N2O2/c13-6-9-1-2-12(10(5-9)7-14)16-11-3-4-15-8-11/h1-5,8H. The van der Waals surface area contributed by atoms with Gasteiger partial charge in [-0.1, -0.05) is 0 Å². The summed E-state index contributed by atoms with van der Waals surface area (Å²) in [5.41, 5.74) is 0.747. The van der Waals surface area contributed by atoms with Gasteiger partial charge >= 0.3 is 0 Å². The maximum absolute atomic E-state index is 8.90. The van der Waals surface area contributed by atoms with Crippen molar-refractivity contribution >= 4 is 0 Å². The van der Waals surface area contributed by atoms with Crippen LogP contribution in [0.3, 0.4) is 0 Å². The zero-order valence-corrected chi connectivity index (χ0v) is 8.18. The maximum atomic E-state index is 8.90. The fourth-order valence-corrected chi connectivity index (χ4v) is 1.21. The first-order chi connectivity index (χ1) is 7.83. The van der Waals surface area contributed by atoms with E-state index in [1.807, 2.05) is 12.1 Å². The Morgan fingerprint density at radius 3 is 2.62 bits per heavy atom. The molecule has 0 amide bonds. The SMILES string of the molecule is N#Cc1ccc(Oc2ccoc2)c(C#N)c1. The van der Waals surface area contributed by atoms with Crippen LogP contribution in [0, 0.1) is 22.7 Å². The lowest BCUT2D eigenvalue weighted by Gasteiger charge is -2.04. The normalized spacial score (nSPS) is 9.12. The highest BCUT2D eigenvalue weighted by atomic mass is 16.5. The zero-order chi connectivity index (χ0) is 11.4. The molecule has 2 rings (SSSR count). The summed E-state index contributed by atoms with van der Waals surface area (Å²) in [5.74, 6) is 0.920. The van der Waals surface area contributed by atoms with Crippen molar-refractivity contribution in [3.05, 3.63) is 47.9 Å². The van der Waals surface area contributed by atoms with E-state index in [2.05, 4.69) is 0 Å². The molecule has 0 saturated carbocycles. The summed E-state index contributed by atoms with van der Waals surface area (Å²) in [7, 11) is 0. The van der Waals surface area contributed by atoms with Crippen LogP contribution in [0.15, 0.2) is 41.2 Å². The first kappa shape index (κ1) is 9.82. The van der Waals surface area contributed by atoms with E-state index >= 15 is 0 Å². The number of hydrogen-bond donors (Lipinski definition) is 0. The van der Waals surface area contributed by atoms with Gasteiger partial charge in [0.1, 0.15) is 18.1 Å². The fraction of sp³-hybridized carbons (Fsp3) is 0. The van der Waals surface area contributed by atoms with Crippen molar-refractivity contribution in [1.29, 1.82) is 10.5 Å². The molecule has 2 aromatic rings. The molecule has 4 heteroatoms. The highest BCUT2D eigenvalue weighted by Gasteiger charge is 2.06. The van der Waals surface area contributed by atoms with Gasteiger partial charge in [-0.2, -0.15) is 10.5 Å². The minimum Gasteiger partial charge on any atom is -0.469 e. The van der Waals surface area contributed by atoms with Crippen LogP contribution in [0.2, 0.25) is 0 Å². The Labute approximate surface area is 91.9 Å².